The number of benzene rings is 1. The number of aromatic hydroxyl groups is 1. The summed E-state index contributed by atoms with van der Waals surface area (Å²) in [7, 11) is 1.48. The summed E-state index contributed by atoms with van der Waals surface area (Å²) in [5.41, 5.74) is 0.696. The monoisotopic (exact) mass is 273 g/mol. The molecule has 0 bridgehead atoms. The Bertz CT molecular complexity index is 631. The summed E-state index contributed by atoms with van der Waals surface area (Å²) < 4.78 is 10.3. The van der Waals surface area contributed by atoms with Crippen LogP contribution in [-0.2, 0) is 0 Å². The molecular weight excluding hydrogens is 258 g/mol. The lowest BCUT2D eigenvalue weighted by Crippen LogP contribution is -1.93. The third-order valence-corrected chi connectivity index (χ3v) is 2.99. The molecule has 1 N–H and O–H groups in total. The predicted octanol–water partition coefficient (Wildman–Crippen LogP) is 2.86. The summed E-state index contributed by atoms with van der Waals surface area (Å²) in [6, 6.07) is 6.94. The van der Waals surface area contributed by atoms with Crippen molar-refractivity contribution in [2.24, 2.45) is 0 Å². The lowest BCUT2D eigenvalue weighted by molar-refractivity contribution is 0.354. The molecule has 0 saturated heterocycles. The molecule has 6 heteroatoms. The molecule has 0 amide bonds. The van der Waals surface area contributed by atoms with Crippen LogP contribution < -0.4 is 4.74 Å². The van der Waals surface area contributed by atoms with Gasteiger partial charge in [0.2, 0.25) is 11.7 Å². The molecule has 1 unspecified atom stereocenters. The van der Waals surface area contributed by atoms with E-state index < -0.39 is 0 Å². The molecule has 2 rings (SSSR count). The number of rotatable bonds is 5. The van der Waals surface area contributed by atoms with E-state index in [1.165, 1.54) is 13.2 Å². The Labute approximate surface area is 116 Å². The minimum Gasteiger partial charge on any atom is -0.504 e. The van der Waals surface area contributed by atoms with Gasteiger partial charge in [-0.1, -0.05) is 12.1 Å². The van der Waals surface area contributed by atoms with Crippen LogP contribution in [0.4, 0.5) is 0 Å². The van der Waals surface area contributed by atoms with E-state index in [9.17, 15) is 5.11 Å². The number of nitriles is 1. The number of aromatic nitrogens is 2. The fraction of sp³-hybridized carbons (Fsp3) is 0.357. The fourth-order valence-corrected chi connectivity index (χ4v) is 1.77. The second kappa shape index (κ2) is 6.06. The van der Waals surface area contributed by atoms with Crippen LogP contribution in [0.2, 0.25) is 0 Å². The Morgan fingerprint density at radius 3 is 3.00 bits per heavy atom. The van der Waals surface area contributed by atoms with Crippen LogP contribution in [0.1, 0.15) is 31.6 Å². The SMILES string of the molecule is COc1cc(-c2noc(C(C)CCC#N)n2)ccc1O. The minimum absolute atomic E-state index is 0.0370. The van der Waals surface area contributed by atoms with Gasteiger partial charge in [0.15, 0.2) is 11.5 Å². The van der Waals surface area contributed by atoms with Crippen LogP contribution >= 0.6 is 0 Å². The van der Waals surface area contributed by atoms with Gasteiger partial charge in [-0.2, -0.15) is 10.2 Å². The van der Waals surface area contributed by atoms with Crippen molar-refractivity contribution in [1.29, 1.82) is 5.26 Å². The number of phenols is 1. The molecular formula is C14H15N3O3. The van der Waals surface area contributed by atoms with Crippen molar-refractivity contribution in [3.8, 4) is 29.0 Å². The van der Waals surface area contributed by atoms with E-state index in [1.807, 2.05) is 6.92 Å². The van der Waals surface area contributed by atoms with Gasteiger partial charge < -0.3 is 14.4 Å². The minimum atomic E-state index is 0.0370. The molecule has 0 aliphatic carbocycles. The highest BCUT2D eigenvalue weighted by molar-refractivity contribution is 5.60. The third-order valence-electron chi connectivity index (χ3n) is 2.99. The van der Waals surface area contributed by atoms with E-state index in [4.69, 9.17) is 14.5 Å². The lowest BCUT2D eigenvalue weighted by Gasteiger charge is -2.03. The van der Waals surface area contributed by atoms with Gasteiger partial charge in [0.1, 0.15) is 0 Å². The molecule has 1 aromatic carbocycles. The summed E-state index contributed by atoms with van der Waals surface area (Å²) in [5, 5.41) is 22.0. The summed E-state index contributed by atoms with van der Waals surface area (Å²) in [6.07, 6.45) is 1.13. The van der Waals surface area contributed by atoms with Crippen LogP contribution in [0.25, 0.3) is 11.4 Å². The first kappa shape index (κ1) is 13.9. The number of hydrogen-bond donors (Lipinski definition) is 1. The topological polar surface area (TPSA) is 92.2 Å². The van der Waals surface area contributed by atoms with E-state index in [0.29, 0.717) is 35.9 Å². The standard InChI is InChI=1S/C14H15N3O3/c1-9(4-3-7-15)14-16-13(17-20-14)10-5-6-11(18)12(8-10)19-2/h5-6,8-9,18H,3-4H2,1-2H3. The molecule has 0 aliphatic rings. The van der Waals surface area contributed by atoms with Crippen molar-refractivity contribution >= 4 is 0 Å². The average Bonchev–Trinajstić information content (AvgIpc) is 2.95. The Morgan fingerprint density at radius 2 is 2.30 bits per heavy atom. The van der Waals surface area contributed by atoms with Crippen molar-refractivity contribution in [1.82, 2.24) is 10.1 Å². The van der Waals surface area contributed by atoms with E-state index in [0.717, 1.165) is 0 Å². The molecule has 1 atom stereocenters. The zero-order chi connectivity index (χ0) is 14.5. The van der Waals surface area contributed by atoms with Crippen LogP contribution in [0.5, 0.6) is 11.5 Å². The highest BCUT2D eigenvalue weighted by atomic mass is 16.5. The molecule has 0 aliphatic heterocycles. The third kappa shape index (κ3) is 2.88. The quantitative estimate of drug-likeness (QED) is 0.900. The Kier molecular flexibility index (Phi) is 4.20. The summed E-state index contributed by atoms with van der Waals surface area (Å²) >= 11 is 0. The highest BCUT2D eigenvalue weighted by Crippen LogP contribution is 2.31. The fourth-order valence-electron chi connectivity index (χ4n) is 1.77. The Morgan fingerprint density at radius 1 is 1.50 bits per heavy atom. The zero-order valence-electron chi connectivity index (χ0n) is 11.3. The second-order valence-corrected chi connectivity index (χ2v) is 4.44. The van der Waals surface area contributed by atoms with Crippen LogP contribution in [0.15, 0.2) is 22.7 Å². The maximum Gasteiger partial charge on any atom is 0.229 e. The van der Waals surface area contributed by atoms with E-state index in [1.54, 1.807) is 12.1 Å². The predicted molar refractivity (Wildman–Crippen MR) is 71.2 cm³/mol. The first-order valence-corrected chi connectivity index (χ1v) is 6.23. The van der Waals surface area contributed by atoms with Crippen molar-refractivity contribution < 1.29 is 14.4 Å². The van der Waals surface area contributed by atoms with E-state index >= 15 is 0 Å². The molecule has 0 radical (unpaired) electrons. The van der Waals surface area contributed by atoms with Crippen molar-refractivity contribution in [2.75, 3.05) is 7.11 Å². The van der Waals surface area contributed by atoms with Gasteiger partial charge in [-0.15, -0.1) is 0 Å². The first-order chi connectivity index (χ1) is 9.65. The van der Waals surface area contributed by atoms with Gasteiger partial charge in [-0.05, 0) is 24.6 Å². The Balaban J connectivity index is 2.22. The largest absolute Gasteiger partial charge is 0.504 e. The number of ether oxygens (including phenoxy) is 1. The molecule has 20 heavy (non-hydrogen) atoms. The maximum atomic E-state index is 9.55. The number of nitrogens with zero attached hydrogens (tertiary/aromatic N) is 3. The molecule has 0 saturated carbocycles. The van der Waals surface area contributed by atoms with Crippen molar-refractivity contribution in [3.05, 3.63) is 24.1 Å². The van der Waals surface area contributed by atoms with Crippen molar-refractivity contribution in [2.45, 2.75) is 25.7 Å². The van der Waals surface area contributed by atoms with Crippen LogP contribution in [-0.4, -0.2) is 22.4 Å². The molecule has 1 heterocycles. The van der Waals surface area contributed by atoms with Gasteiger partial charge in [-0.25, -0.2) is 0 Å². The van der Waals surface area contributed by atoms with E-state index in [2.05, 4.69) is 16.2 Å². The van der Waals surface area contributed by atoms with Gasteiger partial charge in [0.05, 0.1) is 13.2 Å². The summed E-state index contributed by atoms with van der Waals surface area (Å²) in [6.45, 7) is 1.94. The summed E-state index contributed by atoms with van der Waals surface area (Å²) in [5.74, 6) is 1.38. The molecule has 0 spiro atoms. The average molecular weight is 273 g/mol. The van der Waals surface area contributed by atoms with Gasteiger partial charge in [0.25, 0.3) is 0 Å². The lowest BCUT2D eigenvalue weighted by atomic mass is 10.1. The molecule has 6 nitrogen and oxygen atoms in total. The number of phenolic OH excluding ortho intramolecular Hbond substituents is 1. The normalized spacial score (nSPS) is 11.8. The molecule has 1 aromatic heterocycles. The van der Waals surface area contributed by atoms with Gasteiger partial charge in [-0.3, -0.25) is 0 Å². The summed E-state index contributed by atoms with van der Waals surface area (Å²) in [4.78, 5) is 4.31. The van der Waals surface area contributed by atoms with Crippen LogP contribution in [0, 0.1) is 11.3 Å². The van der Waals surface area contributed by atoms with E-state index in [-0.39, 0.29) is 11.7 Å². The zero-order valence-corrected chi connectivity index (χ0v) is 11.3. The molecule has 104 valence electrons. The second-order valence-electron chi connectivity index (χ2n) is 4.44. The van der Waals surface area contributed by atoms with Crippen LogP contribution in [0.3, 0.4) is 0 Å². The van der Waals surface area contributed by atoms with Gasteiger partial charge in [0, 0.05) is 17.9 Å². The Hall–Kier alpha value is -2.55. The number of methoxy groups -OCH3 is 1. The first-order valence-electron chi connectivity index (χ1n) is 6.23. The smallest absolute Gasteiger partial charge is 0.229 e. The maximum absolute atomic E-state index is 9.55. The highest BCUT2D eigenvalue weighted by Gasteiger charge is 2.16. The van der Waals surface area contributed by atoms with Gasteiger partial charge >= 0.3 is 0 Å². The van der Waals surface area contributed by atoms with Crippen molar-refractivity contribution in [3.63, 3.8) is 0 Å². The molecule has 2 aromatic rings. The molecule has 0 fully saturated rings. The number of hydrogen-bond acceptors (Lipinski definition) is 6.